The number of rotatable bonds is 6. The molecule has 0 amide bonds. The lowest BCUT2D eigenvalue weighted by Crippen LogP contribution is -2.14. The highest BCUT2D eigenvalue weighted by Crippen LogP contribution is 2.23. The van der Waals surface area contributed by atoms with Crippen LogP contribution < -0.4 is 0 Å². The van der Waals surface area contributed by atoms with Gasteiger partial charge < -0.3 is 14.6 Å². The molecule has 4 nitrogen and oxygen atoms in total. The highest BCUT2D eigenvalue weighted by Gasteiger charge is 2.08. The van der Waals surface area contributed by atoms with Crippen molar-refractivity contribution in [3.05, 3.63) is 41.2 Å². The van der Waals surface area contributed by atoms with Gasteiger partial charge in [0.25, 0.3) is 0 Å². The van der Waals surface area contributed by atoms with Crippen molar-refractivity contribution in [1.82, 2.24) is 4.98 Å². The van der Waals surface area contributed by atoms with Gasteiger partial charge in [-0.05, 0) is 18.2 Å². The van der Waals surface area contributed by atoms with Gasteiger partial charge in [0.15, 0.2) is 0 Å². The number of aromatic nitrogens is 1. The second-order valence-corrected chi connectivity index (χ2v) is 5.47. The summed E-state index contributed by atoms with van der Waals surface area (Å²) in [6, 6.07) is 7.30. The first-order valence-electron chi connectivity index (χ1n) is 5.76. The van der Waals surface area contributed by atoms with Gasteiger partial charge >= 0.3 is 0 Å². The van der Waals surface area contributed by atoms with Crippen LogP contribution in [0.25, 0.3) is 11.5 Å². The fraction of sp³-hybridized carbons (Fsp3) is 0.308. The van der Waals surface area contributed by atoms with Crippen LogP contribution in [0.2, 0.25) is 5.02 Å². The lowest BCUT2D eigenvalue weighted by Gasteiger charge is -2.04. The largest absolute Gasteiger partial charge is 0.444 e. The maximum Gasteiger partial charge on any atom is 0.226 e. The monoisotopic (exact) mass is 299 g/mol. The molecule has 6 heteroatoms. The summed E-state index contributed by atoms with van der Waals surface area (Å²) < 4.78 is 5.39. The van der Waals surface area contributed by atoms with Crippen molar-refractivity contribution in [2.24, 2.45) is 0 Å². The molecule has 0 spiro atoms. The van der Waals surface area contributed by atoms with E-state index in [2.05, 4.69) is 4.98 Å². The summed E-state index contributed by atoms with van der Waals surface area (Å²) in [4.78, 5) is 4.35. The quantitative estimate of drug-likeness (QED) is 0.858. The summed E-state index contributed by atoms with van der Waals surface area (Å²) in [5, 5.41) is 18.6. The Balaban J connectivity index is 1.95. The fourth-order valence-corrected chi connectivity index (χ4v) is 2.51. The predicted molar refractivity (Wildman–Crippen MR) is 76.2 cm³/mol. The van der Waals surface area contributed by atoms with Gasteiger partial charge in [-0.1, -0.05) is 17.7 Å². The Labute approximate surface area is 120 Å². The van der Waals surface area contributed by atoms with Crippen LogP contribution in [0.15, 0.2) is 34.9 Å². The lowest BCUT2D eigenvalue weighted by molar-refractivity contribution is 0.113. The third kappa shape index (κ3) is 4.24. The van der Waals surface area contributed by atoms with E-state index in [1.54, 1.807) is 18.4 Å². The summed E-state index contributed by atoms with van der Waals surface area (Å²) in [5.41, 5.74) is 1.63. The van der Waals surface area contributed by atoms with Crippen LogP contribution in [-0.2, 0) is 5.75 Å². The van der Waals surface area contributed by atoms with E-state index in [0.717, 1.165) is 11.3 Å². The van der Waals surface area contributed by atoms with Gasteiger partial charge in [-0.2, -0.15) is 11.8 Å². The molecule has 2 rings (SSSR count). The zero-order valence-corrected chi connectivity index (χ0v) is 11.7. The van der Waals surface area contributed by atoms with Gasteiger partial charge in [0, 0.05) is 22.1 Å². The molecule has 102 valence electrons. The molecule has 2 N–H and O–H groups in total. The second kappa shape index (κ2) is 6.96. The zero-order chi connectivity index (χ0) is 13.7. The van der Waals surface area contributed by atoms with Gasteiger partial charge in [0.1, 0.15) is 6.26 Å². The molecule has 0 unspecified atom stereocenters. The number of thioether (sulfide) groups is 1. The van der Waals surface area contributed by atoms with Crippen molar-refractivity contribution in [3.63, 3.8) is 0 Å². The number of aliphatic hydroxyl groups is 2. The van der Waals surface area contributed by atoms with Crippen molar-refractivity contribution in [2.45, 2.75) is 11.9 Å². The minimum absolute atomic E-state index is 0.223. The Morgan fingerprint density at radius 1 is 1.42 bits per heavy atom. The molecular formula is C13H14ClNO3S. The van der Waals surface area contributed by atoms with Crippen molar-refractivity contribution in [2.75, 3.05) is 12.4 Å². The van der Waals surface area contributed by atoms with E-state index in [4.69, 9.17) is 21.1 Å². The third-order valence-electron chi connectivity index (χ3n) is 2.39. The molecule has 1 aromatic carbocycles. The first-order valence-corrected chi connectivity index (χ1v) is 7.29. The number of nitrogens with zero attached hydrogens (tertiary/aromatic N) is 1. The third-order valence-corrected chi connectivity index (χ3v) is 3.75. The minimum atomic E-state index is -0.690. The molecule has 0 bridgehead atoms. The summed E-state index contributed by atoms with van der Waals surface area (Å²) in [7, 11) is 0. The Morgan fingerprint density at radius 2 is 2.26 bits per heavy atom. The van der Waals surface area contributed by atoms with Gasteiger partial charge in [-0.15, -0.1) is 0 Å². The van der Waals surface area contributed by atoms with E-state index in [1.165, 1.54) is 11.8 Å². The van der Waals surface area contributed by atoms with Crippen LogP contribution in [0.3, 0.4) is 0 Å². The van der Waals surface area contributed by atoms with Crippen LogP contribution in [-0.4, -0.2) is 33.7 Å². The second-order valence-electron chi connectivity index (χ2n) is 4.01. The number of oxazole rings is 1. The molecule has 1 aromatic heterocycles. The van der Waals surface area contributed by atoms with Crippen molar-refractivity contribution >= 4 is 23.4 Å². The molecule has 0 aliphatic rings. The molecular weight excluding hydrogens is 286 g/mol. The van der Waals surface area contributed by atoms with Crippen LogP contribution in [0.4, 0.5) is 0 Å². The topological polar surface area (TPSA) is 66.5 Å². The molecule has 1 heterocycles. The first-order chi connectivity index (χ1) is 9.19. The van der Waals surface area contributed by atoms with Crippen molar-refractivity contribution < 1.29 is 14.6 Å². The molecule has 0 fully saturated rings. The summed E-state index contributed by atoms with van der Waals surface area (Å²) in [5.74, 6) is 1.62. The molecule has 0 aliphatic carbocycles. The molecule has 0 radical (unpaired) electrons. The maximum absolute atomic E-state index is 9.22. The average Bonchev–Trinajstić information content (AvgIpc) is 2.87. The molecule has 1 atom stereocenters. The lowest BCUT2D eigenvalue weighted by atomic mass is 10.2. The van der Waals surface area contributed by atoms with Crippen molar-refractivity contribution in [3.8, 4) is 11.5 Å². The van der Waals surface area contributed by atoms with E-state index in [-0.39, 0.29) is 6.61 Å². The van der Waals surface area contributed by atoms with E-state index in [1.807, 2.05) is 12.1 Å². The van der Waals surface area contributed by atoms with E-state index >= 15 is 0 Å². The number of benzene rings is 1. The van der Waals surface area contributed by atoms with Gasteiger partial charge in [-0.3, -0.25) is 0 Å². The van der Waals surface area contributed by atoms with Crippen LogP contribution in [0.1, 0.15) is 5.69 Å². The SMILES string of the molecule is OC[C@H](O)CSCc1coc(-c2cccc(Cl)c2)n1. The maximum atomic E-state index is 9.22. The highest BCUT2D eigenvalue weighted by molar-refractivity contribution is 7.98. The van der Waals surface area contributed by atoms with Crippen LogP contribution in [0.5, 0.6) is 0 Å². The Morgan fingerprint density at radius 3 is 3.00 bits per heavy atom. The number of hydrogen-bond donors (Lipinski definition) is 2. The number of halogens is 1. The predicted octanol–water partition coefficient (Wildman–Crippen LogP) is 2.58. The van der Waals surface area contributed by atoms with E-state index in [9.17, 15) is 5.11 Å². The highest BCUT2D eigenvalue weighted by atomic mass is 35.5. The van der Waals surface area contributed by atoms with Gasteiger partial charge in [0.05, 0.1) is 18.4 Å². The molecule has 0 saturated carbocycles. The standard InChI is InChI=1S/C13H14ClNO3S/c14-10-3-1-2-9(4-10)13-15-11(6-18-13)7-19-8-12(17)5-16/h1-4,6,12,16-17H,5,7-8H2/t12-/m0/s1. The molecule has 0 aliphatic heterocycles. The molecule has 2 aromatic rings. The average molecular weight is 300 g/mol. The van der Waals surface area contributed by atoms with Gasteiger partial charge in [-0.25, -0.2) is 4.98 Å². The number of aliphatic hydroxyl groups excluding tert-OH is 2. The smallest absolute Gasteiger partial charge is 0.226 e. The Kier molecular flexibility index (Phi) is 5.27. The summed E-state index contributed by atoms with van der Waals surface area (Å²) in [6.45, 7) is -0.223. The number of hydrogen-bond acceptors (Lipinski definition) is 5. The van der Waals surface area contributed by atoms with Crippen LogP contribution >= 0.6 is 23.4 Å². The molecule has 0 saturated heterocycles. The zero-order valence-electron chi connectivity index (χ0n) is 10.1. The minimum Gasteiger partial charge on any atom is -0.444 e. The summed E-state index contributed by atoms with van der Waals surface area (Å²) in [6.07, 6.45) is 0.901. The molecule has 19 heavy (non-hydrogen) atoms. The van der Waals surface area contributed by atoms with E-state index < -0.39 is 6.10 Å². The fourth-order valence-electron chi connectivity index (χ4n) is 1.48. The normalized spacial score (nSPS) is 12.6. The van der Waals surface area contributed by atoms with Gasteiger partial charge in [0.2, 0.25) is 5.89 Å². The summed E-state index contributed by atoms with van der Waals surface area (Å²) >= 11 is 7.40. The van der Waals surface area contributed by atoms with E-state index in [0.29, 0.717) is 22.4 Å². The Hall–Kier alpha value is -1.01. The van der Waals surface area contributed by atoms with Crippen LogP contribution in [0, 0.1) is 0 Å². The first kappa shape index (κ1) is 14.4. The van der Waals surface area contributed by atoms with Crippen molar-refractivity contribution in [1.29, 1.82) is 0 Å². The Bertz CT molecular complexity index is 532.